The number of nitrogens with one attached hydrogen (secondary N) is 1. The number of aryl methyl sites for hydroxylation is 1. The van der Waals surface area contributed by atoms with E-state index in [-0.39, 0.29) is 33.5 Å². The number of hydrogen-bond donors (Lipinski definition) is 1. The quantitative estimate of drug-likeness (QED) is 0.515. The van der Waals surface area contributed by atoms with Crippen molar-refractivity contribution < 1.29 is 21.6 Å². The number of pyridine rings is 1. The molecule has 11 heteroatoms. The van der Waals surface area contributed by atoms with Gasteiger partial charge in [0.25, 0.3) is 0 Å². The third-order valence-electron chi connectivity index (χ3n) is 4.37. The van der Waals surface area contributed by atoms with Crippen LogP contribution in [-0.4, -0.2) is 54.0 Å². The predicted molar refractivity (Wildman–Crippen MR) is 103 cm³/mol. The fourth-order valence-electron chi connectivity index (χ4n) is 2.85. The van der Waals surface area contributed by atoms with E-state index in [1.165, 1.54) is 27.7 Å². The number of alkyl halides is 3. The predicted octanol–water partition coefficient (Wildman–Crippen LogP) is 2.94. The van der Waals surface area contributed by atoms with Gasteiger partial charge in [-0.2, -0.15) is 13.2 Å². The third kappa shape index (κ3) is 3.82. The maximum Gasteiger partial charge on any atom is 0.416 e. The molecule has 2 aromatic heterocycles. The lowest BCUT2D eigenvalue weighted by molar-refractivity contribution is -0.137. The first-order chi connectivity index (χ1) is 13.3. The summed E-state index contributed by atoms with van der Waals surface area (Å²) in [7, 11) is 1.14. The Morgan fingerprint density at radius 2 is 1.79 bits per heavy atom. The van der Waals surface area contributed by atoms with Gasteiger partial charge in [0.05, 0.1) is 21.5 Å². The maximum absolute atomic E-state index is 13.0. The first-order valence-electron chi connectivity index (χ1n) is 8.32. The summed E-state index contributed by atoms with van der Waals surface area (Å²) < 4.78 is 65.1. The highest BCUT2D eigenvalue weighted by Crippen LogP contribution is 2.33. The van der Waals surface area contributed by atoms with Gasteiger partial charge in [-0.05, 0) is 30.3 Å². The lowest BCUT2D eigenvalue weighted by atomic mass is 10.2. The number of rotatable bonds is 3. The van der Waals surface area contributed by atoms with Crippen molar-refractivity contribution in [2.24, 2.45) is 7.05 Å². The lowest BCUT2D eigenvalue weighted by Gasteiger charge is -2.15. The van der Waals surface area contributed by atoms with E-state index in [4.69, 9.17) is 5.41 Å². The Labute approximate surface area is 165 Å². The minimum atomic E-state index is -4.53. The van der Waals surface area contributed by atoms with E-state index in [9.17, 15) is 21.6 Å². The van der Waals surface area contributed by atoms with Crippen molar-refractivity contribution in [3.8, 4) is 11.5 Å². The topological polar surface area (TPSA) is 91.9 Å². The minimum Gasteiger partial charge on any atom is -0.361 e. The molecule has 0 aliphatic rings. The summed E-state index contributed by atoms with van der Waals surface area (Å²) >= 11 is 0. The second-order valence-electron chi connectivity index (χ2n) is 6.75. The Hall–Kier alpha value is -2.95. The number of aromatic nitrogens is 3. The van der Waals surface area contributed by atoms with Crippen molar-refractivity contribution in [3.63, 3.8) is 0 Å². The average molecular weight is 425 g/mol. The molecule has 0 saturated heterocycles. The zero-order chi connectivity index (χ0) is 21.7. The molecule has 0 spiro atoms. The summed E-state index contributed by atoms with van der Waals surface area (Å²) in [5.74, 6) is 0.137. The number of fused-ring (bicyclic) bond motifs is 1. The van der Waals surface area contributed by atoms with E-state index in [0.717, 1.165) is 18.4 Å². The molecule has 154 valence electrons. The number of benzene rings is 1. The Morgan fingerprint density at radius 1 is 1.14 bits per heavy atom. The molecule has 0 amide bonds. The standard InChI is InChI=1S/C18H18F3N5O2S/c1-25(2)16(22)11-6-8-14(29(4,27)28)15(23-11)17-24-12-9-10(18(19,20)21)5-7-13(12)26(17)3/h5-9,22H,1-4H3. The molecule has 0 radical (unpaired) electrons. The maximum atomic E-state index is 13.0. The van der Waals surface area contributed by atoms with Gasteiger partial charge in [0.2, 0.25) is 0 Å². The molecule has 7 nitrogen and oxygen atoms in total. The fourth-order valence-corrected chi connectivity index (χ4v) is 3.66. The molecule has 3 aromatic rings. The Bertz CT molecular complexity index is 1230. The lowest BCUT2D eigenvalue weighted by Crippen LogP contribution is -2.23. The van der Waals surface area contributed by atoms with Gasteiger partial charge < -0.3 is 9.47 Å². The minimum absolute atomic E-state index is 0.0242. The van der Waals surface area contributed by atoms with Crippen LogP contribution >= 0.6 is 0 Å². The molecule has 2 heterocycles. The van der Waals surface area contributed by atoms with Crippen LogP contribution in [0.25, 0.3) is 22.6 Å². The zero-order valence-electron chi connectivity index (χ0n) is 16.0. The zero-order valence-corrected chi connectivity index (χ0v) is 16.9. The largest absolute Gasteiger partial charge is 0.416 e. The van der Waals surface area contributed by atoms with Crippen LogP contribution in [0.4, 0.5) is 13.2 Å². The molecule has 0 aliphatic carbocycles. The van der Waals surface area contributed by atoms with Gasteiger partial charge >= 0.3 is 6.18 Å². The van der Waals surface area contributed by atoms with Crippen LogP contribution in [0.1, 0.15) is 11.3 Å². The Balaban J connectivity index is 2.31. The fraction of sp³-hybridized carbons (Fsp3) is 0.278. The van der Waals surface area contributed by atoms with E-state index < -0.39 is 21.6 Å². The van der Waals surface area contributed by atoms with Crippen molar-refractivity contribution in [2.45, 2.75) is 11.1 Å². The molecule has 1 aromatic carbocycles. The average Bonchev–Trinajstić information content (AvgIpc) is 2.95. The first kappa shape index (κ1) is 20.8. The smallest absolute Gasteiger partial charge is 0.361 e. The molecule has 1 N–H and O–H groups in total. The number of sulfone groups is 1. The van der Waals surface area contributed by atoms with Gasteiger partial charge in [-0.15, -0.1) is 0 Å². The third-order valence-corrected chi connectivity index (χ3v) is 5.50. The molecule has 0 atom stereocenters. The first-order valence-corrected chi connectivity index (χ1v) is 10.2. The van der Waals surface area contributed by atoms with Gasteiger partial charge in [0.1, 0.15) is 17.2 Å². The highest BCUT2D eigenvalue weighted by atomic mass is 32.2. The van der Waals surface area contributed by atoms with Crippen molar-refractivity contribution in [1.82, 2.24) is 19.4 Å². The summed E-state index contributed by atoms with van der Waals surface area (Å²) in [6.07, 6.45) is -3.52. The van der Waals surface area contributed by atoms with Crippen LogP contribution in [0.5, 0.6) is 0 Å². The van der Waals surface area contributed by atoms with Gasteiger partial charge in [-0.25, -0.2) is 18.4 Å². The van der Waals surface area contributed by atoms with Gasteiger partial charge in [-0.3, -0.25) is 5.41 Å². The van der Waals surface area contributed by atoms with Crippen molar-refractivity contribution in [1.29, 1.82) is 5.41 Å². The van der Waals surface area contributed by atoms with Crippen molar-refractivity contribution >= 4 is 26.7 Å². The Kier molecular flexibility index (Phi) is 4.89. The second kappa shape index (κ2) is 6.83. The van der Waals surface area contributed by atoms with Crippen molar-refractivity contribution in [2.75, 3.05) is 20.4 Å². The molecular formula is C18H18F3N5O2S. The molecular weight excluding hydrogens is 407 g/mol. The van der Waals surface area contributed by atoms with Gasteiger partial charge in [-0.1, -0.05) is 0 Å². The SMILES string of the molecule is CN(C)C(=N)c1ccc(S(C)(=O)=O)c(-c2nc3cc(C(F)(F)F)ccc3n2C)n1. The molecule has 0 saturated carbocycles. The second-order valence-corrected chi connectivity index (χ2v) is 8.74. The normalized spacial score (nSPS) is 12.4. The highest BCUT2D eigenvalue weighted by molar-refractivity contribution is 7.90. The molecule has 0 fully saturated rings. The molecule has 0 aliphatic heterocycles. The van der Waals surface area contributed by atoms with E-state index in [1.807, 2.05) is 0 Å². The van der Waals surface area contributed by atoms with Crippen LogP contribution < -0.4 is 0 Å². The van der Waals surface area contributed by atoms with Crippen LogP contribution in [0.3, 0.4) is 0 Å². The summed E-state index contributed by atoms with van der Waals surface area (Å²) in [4.78, 5) is 9.91. The van der Waals surface area contributed by atoms with E-state index >= 15 is 0 Å². The van der Waals surface area contributed by atoms with Crippen LogP contribution in [0, 0.1) is 5.41 Å². The molecule has 29 heavy (non-hydrogen) atoms. The number of hydrogen-bond acceptors (Lipinski definition) is 5. The van der Waals surface area contributed by atoms with Crippen LogP contribution in [-0.2, 0) is 23.1 Å². The van der Waals surface area contributed by atoms with Crippen LogP contribution in [0.15, 0.2) is 35.2 Å². The summed E-state index contributed by atoms with van der Waals surface area (Å²) in [6.45, 7) is 0. The monoisotopic (exact) mass is 425 g/mol. The summed E-state index contributed by atoms with van der Waals surface area (Å²) in [5, 5.41) is 8.09. The van der Waals surface area contributed by atoms with E-state index in [0.29, 0.717) is 5.52 Å². The van der Waals surface area contributed by atoms with Gasteiger partial charge in [0, 0.05) is 27.4 Å². The number of amidine groups is 1. The van der Waals surface area contributed by atoms with E-state index in [2.05, 4.69) is 9.97 Å². The molecule has 3 rings (SSSR count). The summed E-state index contributed by atoms with van der Waals surface area (Å²) in [5.41, 5.74) is -0.215. The summed E-state index contributed by atoms with van der Waals surface area (Å²) in [6, 6.07) is 5.86. The highest BCUT2D eigenvalue weighted by Gasteiger charge is 2.31. The van der Waals surface area contributed by atoms with Gasteiger partial charge in [0.15, 0.2) is 15.7 Å². The Morgan fingerprint density at radius 3 is 2.34 bits per heavy atom. The molecule has 0 unspecified atom stereocenters. The van der Waals surface area contributed by atoms with E-state index in [1.54, 1.807) is 21.1 Å². The number of imidazole rings is 1. The molecule has 0 bridgehead atoms. The van der Waals surface area contributed by atoms with Crippen molar-refractivity contribution in [3.05, 3.63) is 41.6 Å². The number of halogens is 3. The number of nitrogens with zero attached hydrogens (tertiary/aromatic N) is 4. The van der Waals surface area contributed by atoms with Crippen LogP contribution in [0.2, 0.25) is 0 Å².